The monoisotopic (exact) mass is 382 g/mol. The maximum atomic E-state index is 12.6. The number of ether oxygens (including phenoxy) is 1. The molecule has 2 aromatic carbocycles. The zero-order valence-corrected chi connectivity index (χ0v) is 16.5. The molecule has 0 saturated carbocycles. The number of carbonyl (C=O) groups is 1. The Kier molecular flexibility index (Phi) is 8.68. The lowest BCUT2D eigenvalue weighted by molar-refractivity contribution is -0.117. The normalized spacial score (nSPS) is 10.4. The van der Waals surface area contributed by atoms with Crippen LogP contribution in [0.15, 0.2) is 78.7 Å². The Morgan fingerprint density at radius 1 is 1.15 bits per heavy atom. The van der Waals surface area contributed by atoms with Gasteiger partial charge in [-0.3, -0.25) is 9.69 Å². The third kappa shape index (κ3) is 6.96. The molecule has 0 aromatic heterocycles. The molecular formula is C22H26N2O2S. The van der Waals surface area contributed by atoms with Crippen LogP contribution in [0.1, 0.15) is 5.56 Å². The Hall–Kier alpha value is -2.50. The average Bonchev–Trinajstić information content (AvgIpc) is 2.68. The van der Waals surface area contributed by atoms with E-state index in [2.05, 4.69) is 18.5 Å². The molecular weight excluding hydrogens is 356 g/mol. The molecule has 0 bridgehead atoms. The largest absolute Gasteiger partial charge is 0.497 e. The topological polar surface area (TPSA) is 41.6 Å². The van der Waals surface area contributed by atoms with E-state index in [-0.39, 0.29) is 5.91 Å². The molecule has 0 aliphatic heterocycles. The van der Waals surface area contributed by atoms with Crippen molar-refractivity contribution in [3.63, 3.8) is 0 Å². The third-order valence-corrected chi connectivity index (χ3v) is 4.91. The molecule has 2 rings (SSSR count). The molecule has 0 fully saturated rings. The Balaban J connectivity index is 1.99. The van der Waals surface area contributed by atoms with Gasteiger partial charge in [0.05, 0.1) is 19.3 Å². The molecule has 1 amide bonds. The number of rotatable bonds is 11. The highest BCUT2D eigenvalue weighted by atomic mass is 32.2. The zero-order chi connectivity index (χ0) is 19.5. The highest BCUT2D eigenvalue weighted by Crippen LogP contribution is 2.26. The van der Waals surface area contributed by atoms with E-state index in [1.54, 1.807) is 18.9 Å². The van der Waals surface area contributed by atoms with Crippen molar-refractivity contribution in [1.29, 1.82) is 0 Å². The van der Waals surface area contributed by atoms with Crippen LogP contribution < -0.4 is 10.1 Å². The number of nitrogens with one attached hydrogen (secondary N) is 1. The van der Waals surface area contributed by atoms with Gasteiger partial charge >= 0.3 is 0 Å². The maximum Gasteiger partial charge on any atom is 0.238 e. The predicted octanol–water partition coefficient (Wildman–Crippen LogP) is 4.60. The van der Waals surface area contributed by atoms with Crippen LogP contribution in [0, 0.1) is 0 Å². The number of nitrogens with zero attached hydrogens (tertiary/aromatic N) is 1. The highest BCUT2D eigenvalue weighted by Gasteiger charge is 2.12. The second kappa shape index (κ2) is 11.3. The molecule has 2 aromatic rings. The average molecular weight is 383 g/mol. The SMILES string of the molecule is C=CCSc1ccccc1NC(=O)CN(CC=C)Cc1ccc(OC)cc1. The number of hydrogen-bond donors (Lipinski definition) is 1. The van der Waals surface area contributed by atoms with Crippen molar-refractivity contribution in [1.82, 2.24) is 4.90 Å². The van der Waals surface area contributed by atoms with Gasteiger partial charge in [0.1, 0.15) is 5.75 Å². The standard InChI is InChI=1S/C22H26N2O2S/c1-4-14-24(16-18-10-12-19(26-3)13-11-18)17-22(25)23-20-8-6-7-9-21(20)27-15-5-2/h4-13H,1-2,14-17H2,3H3,(H,23,25). The minimum absolute atomic E-state index is 0.0444. The summed E-state index contributed by atoms with van der Waals surface area (Å²) in [6.45, 7) is 9.13. The molecule has 142 valence electrons. The Bertz CT molecular complexity index is 759. The Morgan fingerprint density at radius 2 is 1.89 bits per heavy atom. The first-order chi connectivity index (χ1) is 13.2. The number of benzene rings is 2. The fourth-order valence-corrected chi connectivity index (χ4v) is 3.34. The van der Waals surface area contributed by atoms with Crippen LogP contribution in [0.4, 0.5) is 5.69 Å². The lowest BCUT2D eigenvalue weighted by Crippen LogP contribution is -2.33. The van der Waals surface area contributed by atoms with E-state index in [1.165, 1.54) is 0 Å². The van der Waals surface area contributed by atoms with Gasteiger partial charge < -0.3 is 10.1 Å². The molecule has 5 heteroatoms. The number of hydrogen-bond acceptors (Lipinski definition) is 4. The second-order valence-electron chi connectivity index (χ2n) is 5.95. The fourth-order valence-electron chi connectivity index (χ4n) is 2.59. The predicted molar refractivity (Wildman–Crippen MR) is 114 cm³/mol. The zero-order valence-electron chi connectivity index (χ0n) is 15.7. The van der Waals surface area contributed by atoms with Gasteiger partial charge in [-0.1, -0.05) is 36.4 Å². The molecule has 0 aliphatic rings. The van der Waals surface area contributed by atoms with E-state index in [0.29, 0.717) is 19.6 Å². The van der Waals surface area contributed by atoms with Crippen LogP contribution in [0.3, 0.4) is 0 Å². The maximum absolute atomic E-state index is 12.6. The molecule has 27 heavy (non-hydrogen) atoms. The van der Waals surface area contributed by atoms with Crippen LogP contribution in [0.2, 0.25) is 0 Å². The molecule has 0 heterocycles. The summed E-state index contributed by atoms with van der Waals surface area (Å²) in [5, 5.41) is 3.02. The summed E-state index contributed by atoms with van der Waals surface area (Å²) in [5.41, 5.74) is 1.95. The number of thioether (sulfide) groups is 1. The van der Waals surface area contributed by atoms with Crippen molar-refractivity contribution in [2.45, 2.75) is 11.4 Å². The van der Waals surface area contributed by atoms with Crippen molar-refractivity contribution < 1.29 is 9.53 Å². The molecule has 0 radical (unpaired) electrons. The molecule has 1 N–H and O–H groups in total. The molecule has 0 unspecified atom stereocenters. The first kappa shape index (κ1) is 20.8. The van der Waals surface area contributed by atoms with E-state index >= 15 is 0 Å². The summed E-state index contributed by atoms with van der Waals surface area (Å²) in [6, 6.07) is 15.7. The van der Waals surface area contributed by atoms with Gasteiger partial charge in [-0.05, 0) is 29.8 Å². The number of methoxy groups -OCH3 is 1. The van der Waals surface area contributed by atoms with Crippen LogP contribution >= 0.6 is 11.8 Å². The Morgan fingerprint density at radius 3 is 2.56 bits per heavy atom. The minimum Gasteiger partial charge on any atom is -0.497 e. The van der Waals surface area contributed by atoms with Crippen LogP contribution in [-0.4, -0.2) is 36.8 Å². The van der Waals surface area contributed by atoms with Crippen molar-refractivity contribution >= 4 is 23.4 Å². The summed E-state index contributed by atoms with van der Waals surface area (Å²) in [7, 11) is 1.65. The van der Waals surface area contributed by atoms with E-state index in [0.717, 1.165) is 27.6 Å². The van der Waals surface area contributed by atoms with Crippen molar-refractivity contribution in [3.8, 4) is 5.75 Å². The minimum atomic E-state index is -0.0444. The summed E-state index contributed by atoms with van der Waals surface area (Å²) < 4.78 is 5.19. The van der Waals surface area contributed by atoms with E-state index < -0.39 is 0 Å². The molecule has 4 nitrogen and oxygen atoms in total. The van der Waals surface area contributed by atoms with E-state index in [4.69, 9.17) is 4.74 Å². The first-order valence-electron chi connectivity index (χ1n) is 8.75. The molecule has 0 spiro atoms. The Labute approximate surface area is 165 Å². The van der Waals surface area contributed by atoms with Gasteiger partial charge in [-0.25, -0.2) is 0 Å². The summed E-state index contributed by atoms with van der Waals surface area (Å²) >= 11 is 1.65. The quantitative estimate of drug-likeness (QED) is 0.455. The van der Waals surface area contributed by atoms with Gasteiger partial charge in [0.15, 0.2) is 0 Å². The van der Waals surface area contributed by atoms with Crippen molar-refractivity contribution in [3.05, 3.63) is 79.4 Å². The van der Waals surface area contributed by atoms with Crippen LogP contribution in [0.25, 0.3) is 0 Å². The van der Waals surface area contributed by atoms with Crippen LogP contribution in [-0.2, 0) is 11.3 Å². The van der Waals surface area contributed by atoms with Gasteiger partial charge in [0.2, 0.25) is 5.91 Å². The number of carbonyl (C=O) groups excluding carboxylic acids is 1. The van der Waals surface area contributed by atoms with E-state index in [9.17, 15) is 4.79 Å². The van der Waals surface area contributed by atoms with Crippen molar-refractivity contribution in [2.75, 3.05) is 31.3 Å². The van der Waals surface area contributed by atoms with Gasteiger partial charge in [-0.15, -0.1) is 24.9 Å². The van der Waals surface area contributed by atoms with Gasteiger partial charge in [-0.2, -0.15) is 0 Å². The van der Waals surface area contributed by atoms with Crippen LogP contribution in [0.5, 0.6) is 5.75 Å². The lowest BCUT2D eigenvalue weighted by Gasteiger charge is -2.21. The second-order valence-corrected chi connectivity index (χ2v) is 7.01. The van der Waals surface area contributed by atoms with Crippen molar-refractivity contribution in [2.24, 2.45) is 0 Å². The summed E-state index contributed by atoms with van der Waals surface area (Å²) in [6.07, 6.45) is 3.66. The molecule has 0 saturated heterocycles. The molecule has 0 atom stereocenters. The number of para-hydroxylation sites is 1. The lowest BCUT2D eigenvalue weighted by atomic mass is 10.2. The smallest absolute Gasteiger partial charge is 0.238 e. The van der Waals surface area contributed by atoms with Gasteiger partial charge in [0.25, 0.3) is 0 Å². The summed E-state index contributed by atoms with van der Waals surface area (Å²) in [4.78, 5) is 15.7. The summed E-state index contributed by atoms with van der Waals surface area (Å²) in [5.74, 6) is 1.57. The first-order valence-corrected chi connectivity index (χ1v) is 9.73. The highest BCUT2D eigenvalue weighted by molar-refractivity contribution is 7.99. The number of amides is 1. The van der Waals surface area contributed by atoms with Gasteiger partial charge in [0, 0.05) is 23.7 Å². The fraction of sp³-hybridized carbons (Fsp3) is 0.227. The number of anilines is 1. The third-order valence-electron chi connectivity index (χ3n) is 3.84. The molecule has 0 aliphatic carbocycles. The van der Waals surface area contributed by atoms with E-state index in [1.807, 2.05) is 65.6 Å².